The van der Waals surface area contributed by atoms with Crippen molar-refractivity contribution in [2.24, 2.45) is 5.92 Å². The Morgan fingerprint density at radius 1 is 1.18 bits per heavy atom. The summed E-state index contributed by atoms with van der Waals surface area (Å²) in [6, 6.07) is 13.0. The maximum atomic E-state index is 13.4. The second kappa shape index (κ2) is 11.4. The number of aryl methyl sites for hydroxylation is 1. The molecule has 0 saturated carbocycles. The van der Waals surface area contributed by atoms with Gasteiger partial charge in [-0.1, -0.05) is 12.0 Å². The van der Waals surface area contributed by atoms with Gasteiger partial charge in [0.15, 0.2) is 0 Å². The molecule has 3 aromatic rings. The van der Waals surface area contributed by atoms with E-state index >= 15 is 0 Å². The average Bonchev–Trinajstić information content (AvgIpc) is 3.22. The zero-order valence-electron chi connectivity index (χ0n) is 22.4. The van der Waals surface area contributed by atoms with Crippen LogP contribution in [0.1, 0.15) is 50.1 Å². The van der Waals surface area contributed by atoms with Gasteiger partial charge in [-0.05, 0) is 80.8 Å². The van der Waals surface area contributed by atoms with Crippen LogP contribution in [0.25, 0.3) is 10.9 Å². The van der Waals surface area contributed by atoms with Crippen molar-refractivity contribution in [1.82, 2.24) is 14.5 Å². The quantitative estimate of drug-likeness (QED) is 0.396. The number of rotatable bonds is 7. The van der Waals surface area contributed by atoms with E-state index in [1.54, 1.807) is 49.2 Å². The largest absolute Gasteiger partial charge is 0.406 e. The fourth-order valence-corrected chi connectivity index (χ4v) is 4.76. The highest BCUT2D eigenvalue weighted by atomic mass is 19.4. The number of fused-ring (bicyclic) bond motifs is 1. The van der Waals surface area contributed by atoms with E-state index in [4.69, 9.17) is 0 Å². The van der Waals surface area contributed by atoms with Crippen molar-refractivity contribution in [3.63, 3.8) is 0 Å². The molecule has 1 aliphatic heterocycles. The number of nitrogens with zero attached hydrogens (tertiary/aromatic N) is 4. The van der Waals surface area contributed by atoms with Crippen molar-refractivity contribution in [1.29, 1.82) is 5.26 Å². The number of halogens is 3. The summed E-state index contributed by atoms with van der Waals surface area (Å²) in [7, 11) is 1.82. The van der Waals surface area contributed by atoms with Crippen LogP contribution in [0.3, 0.4) is 0 Å². The minimum absolute atomic E-state index is 0.167. The predicted molar refractivity (Wildman–Crippen MR) is 145 cm³/mol. The van der Waals surface area contributed by atoms with E-state index < -0.39 is 18.1 Å². The molecule has 0 aliphatic carbocycles. The average molecular weight is 536 g/mol. The number of nitriles is 1. The fraction of sp³-hybridized carbons (Fsp3) is 0.433. The number of anilines is 1. The summed E-state index contributed by atoms with van der Waals surface area (Å²) < 4.78 is 41.4. The van der Waals surface area contributed by atoms with Gasteiger partial charge < -0.3 is 14.8 Å². The summed E-state index contributed by atoms with van der Waals surface area (Å²) >= 11 is 0. The first-order valence-electron chi connectivity index (χ1n) is 13.0. The molecule has 1 aromatic carbocycles. The summed E-state index contributed by atoms with van der Waals surface area (Å²) in [5, 5.41) is 13.1. The van der Waals surface area contributed by atoms with E-state index in [1.165, 1.54) is 4.57 Å². The van der Waals surface area contributed by atoms with Crippen LogP contribution in [0.5, 0.6) is 0 Å². The Kier molecular flexibility index (Phi) is 8.20. The molecule has 0 spiro atoms. The molecule has 39 heavy (non-hydrogen) atoms. The number of alkyl halides is 3. The third-order valence-corrected chi connectivity index (χ3v) is 7.19. The highest BCUT2D eigenvalue weighted by Crippen LogP contribution is 2.28. The Bertz CT molecular complexity index is 1440. The van der Waals surface area contributed by atoms with E-state index in [-0.39, 0.29) is 12.5 Å². The van der Waals surface area contributed by atoms with E-state index in [0.29, 0.717) is 40.3 Å². The molecule has 6 nitrogen and oxygen atoms in total. The number of aromatic nitrogens is 2. The lowest BCUT2D eigenvalue weighted by molar-refractivity contribution is -0.140. The molecule has 1 atom stereocenters. The molecule has 1 N–H and O–H groups in total. The lowest BCUT2D eigenvalue weighted by Crippen LogP contribution is -2.35. The Labute approximate surface area is 226 Å². The summed E-state index contributed by atoms with van der Waals surface area (Å²) in [5.74, 6) is 6.31. The van der Waals surface area contributed by atoms with E-state index in [2.05, 4.69) is 28.2 Å². The van der Waals surface area contributed by atoms with Gasteiger partial charge in [-0.15, -0.1) is 0 Å². The first-order valence-corrected chi connectivity index (χ1v) is 13.0. The number of piperidine rings is 1. The third-order valence-electron chi connectivity index (χ3n) is 7.19. The minimum atomic E-state index is -4.38. The van der Waals surface area contributed by atoms with E-state index in [1.807, 2.05) is 19.2 Å². The number of carbonyl (C=O) groups excluding carboxylic acids is 1. The number of hydrogen-bond acceptors (Lipinski definition) is 4. The molecule has 9 heteroatoms. The SMILES string of the molecule is CN1CCC(CCc2ccc3c(c2)cc(C#CCNc2ccc(C(C)(C)C#N)nc2)n3CC(F)(F)F)CC1=O. The number of benzene rings is 1. The van der Waals surface area contributed by atoms with Crippen LogP contribution in [0.2, 0.25) is 0 Å². The van der Waals surface area contributed by atoms with Gasteiger partial charge in [0.2, 0.25) is 5.91 Å². The monoisotopic (exact) mass is 535 g/mol. The summed E-state index contributed by atoms with van der Waals surface area (Å²) in [6.07, 6.45) is 0.386. The van der Waals surface area contributed by atoms with Crippen molar-refractivity contribution < 1.29 is 18.0 Å². The van der Waals surface area contributed by atoms with Crippen LogP contribution in [-0.4, -0.2) is 46.7 Å². The second-order valence-electron chi connectivity index (χ2n) is 10.7. The van der Waals surface area contributed by atoms with Crippen molar-refractivity contribution >= 4 is 22.5 Å². The van der Waals surface area contributed by atoms with Gasteiger partial charge in [0, 0.05) is 30.9 Å². The van der Waals surface area contributed by atoms with Crippen molar-refractivity contribution in [2.45, 2.75) is 57.7 Å². The zero-order chi connectivity index (χ0) is 28.2. The molecule has 1 fully saturated rings. The molecule has 2 aromatic heterocycles. The minimum Gasteiger partial charge on any atom is -0.373 e. The molecule has 204 valence electrons. The Morgan fingerprint density at radius 2 is 1.97 bits per heavy atom. The number of pyridine rings is 1. The maximum absolute atomic E-state index is 13.4. The van der Waals surface area contributed by atoms with E-state index in [9.17, 15) is 23.2 Å². The standard InChI is InChI=1S/C30H32F3N5O/c1-29(2,19-34)27-11-9-24(18-36-27)35-13-4-5-25-17-23-15-21(6-7-22-12-14-37(3)28(39)16-22)8-10-26(23)38(25)20-30(31,32)33/h8-11,15,17-18,22,35H,6-7,12-14,16,20H2,1-3H3. The molecule has 0 radical (unpaired) electrons. The molecule has 4 rings (SSSR count). The van der Waals surface area contributed by atoms with Gasteiger partial charge in [0.1, 0.15) is 6.54 Å². The lowest BCUT2D eigenvalue weighted by Gasteiger charge is -2.28. The number of carbonyl (C=O) groups is 1. The predicted octanol–water partition coefficient (Wildman–Crippen LogP) is 5.66. The van der Waals surface area contributed by atoms with Crippen LogP contribution in [0, 0.1) is 29.1 Å². The number of hydrogen-bond donors (Lipinski definition) is 1. The first-order chi connectivity index (χ1) is 18.4. The highest BCUT2D eigenvalue weighted by molar-refractivity contribution is 5.83. The molecule has 1 unspecified atom stereocenters. The molecule has 1 amide bonds. The highest BCUT2D eigenvalue weighted by Gasteiger charge is 2.30. The summed E-state index contributed by atoms with van der Waals surface area (Å²) in [6.45, 7) is 3.44. The van der Waals surface area contributed by atoms with Crippen LogP contribution < -0.4 is 5.32 Å². The molecular formula is C30H32F3N5O. The Hall–Kier alpha value is -3.98. The van der Waals surface area contributed by atoms with Crippen LogP contribution in [-0.2, 0) is 23.2 Å². The third kappa shape index (κ3) is 7.11. The summed E-state index contributed by atoms with van der Waals surface area (Å²) in [4.78, 5) is 18.1. The van der Waals surface area contributed by atoms with Crippen molar-refractivity contribution in [3.8, 4) is 17.9 Å². The van der Waals surface area contributed by atoms with Crippen LogP contribution in [0.4, 0.5) is 18.9 Å². The number of likely N-dealkylation sites (tertiary alicyclic amines) is 1. The molecule has 0 bridgehead atoms. The summed E-state index contributed by atoms with van der Waals surface area (Å²) in [5.41, 5.74) is 2.48. The molecule has 1 aliphatic rings. The number of amides is 1. The van der Waals surface area contributed by atoms with Gasteiger partial charge in [-0.2, -0.15) is 18.4 Å². The molecule has 3 heterocycles. The molecular weight excluding hydrogens is 503 g/mol. The normalized spacial score (nSPS) is 16.1. The number of nitrogens with one attached hydrogen (secondary N) is 1. The zero-order valence-corrected chi connectivity index (χ0v) is 22.4. The topological polar surface area (TPSA) is 74.0 Å². The second-order valence-corrected chi connectivity index (χ2v) is 10.7. The van der Waals surface area contributed by atoms with Gasteiger partial charge >= 0.3 is 6.18 Å². The lowest BCUT2D eigenvalue weighted by atomic mass is 9.90. The van der Waals surface area contributed by atoms with Gasteiger partial charge in [-0.3, -0.25) is 9.78 Å². The van der Waals surface area contributed by atoms with Crippen molar-refractivity contribution in [2.75, 3.05) is 25.5 Å². The fourth-order valence-electron chi connectivity index (χ4n) is 4.76. The van der Waals surface area contributed by atoms with Gasteiger partial charge in [-0.25, -0.2) is 0 Å². The first kappa shape index (κ1) is 28.0. The van der Waals surface area contributed by atoms with Crippen LogP contribution >= 0.6 is 0 Å². The maximum Gasteiger partial charge on any atom is 0.406 e. The van der Waals surface area contributed by atoms with E-state index in [0.717, 1.165) is 31.4 Å². The Balaban J connectivity index is 1.47. The van der Waals surface area contributed by atoms with Crippen molar-refractivity contribution in [3.05, 3.63) is 59.5 Å². The smallest absolute Gasteiger partial charge is 0.373 e. The van der Waals surface area contributed by atoms with Gasteiger partial charge in [0.05, 0.1) is 41.3 Å². The van der Waals surface area contributed by atoms with Crippen LogP contribution in [0.15, 0.2) is 42.6 Å². The molecule has 1 saturated heterocycles. The van der Waals surface area contributed by atoms with Gasteiger partial charge in [0.25, 0.3) is 0 Å². The Morgan fingerprint density at radius 3 is 2.64 bits per heavy atom.